The van der Waals surface area contributed by atoms with Crippen LogP contribution in [0.2, 0.25) is 0 Å². The van der Waals surface area contributed by atoms with E-state index >= 15 is 0 Å². The maximum Gasteiger partial charge on any atom is 0.228 e. The lowest BCUT2D eigenvalue weighted by Crippen LogP contribution is -2.14. The van der Waals surface area contributed by atoms with Crippen molar-refractivity contribution >= 4 is 28.3 Å². The highest BCUT2D eigenvalue weighted by molar-refractivity contribution is 5.98. The molecule has 2 heterocycles. The fourth-order valence-electron chi connectivity index (χ4n) is 2.46. The topological polar surface area (TPSA) is 66.9 Å². The molecule has 21 heavy (non-hydrogen) atoms. The summed E-state index contributed by atoms with van der Waals surface area (Å²) in [5.41, 5.74) is 1.16. The summed E-state index contributed by atoms with van der Waals surface area (Å²) in [5, 5.41) is 8.06. The van der Waals surface area contributed by atoms with Crippen LogP contribution in [-0.4, -0.2) is 22.9 Å². The van der Waals surface area contributed by atoms with Gasteiger partial charge < -0.3 is 10.6 Å². The van der Waals surface area contributed by atoms with E-state index in [-0.39, 0.29) is 11.8 Å². The first-order valence-corrected chi connectivity index (χ1v) is 7.37. The Balaban J connectivity index is 2.05. The third kappa shape index (κ3) is 2.68. The summed E-state index contributed by atoms with van der Waals surface area (Å²) in [6.07, 6.45) is 5.66. The number of pyridine rings is 2. The minimum Gasteiger partial charge on any atom is -0.373 e. The Kier molecular flexibility index (Phi) is 3.49. The Morgan fingerprint density at radius 1 is 1.24 bits per heavy atom. The molecule has 5 nitrogen and oxygen atoms in total. The van der Waals surface area contributed by atoms with Gasteiger partial charge in [-0.2, -0.15) is 0 Å². The van der Waals surface area contributed by atoms with Crippen molar-refractivity contribution in [3.8, 4) is 0 Å². The summed E-state index contributed by atoms with van der Waals surface area (Å²) in [4.78, 5) is 20.7. The number of carbonyl (C=O) groups is 1. The Hall–Kier alpha value is -2.17. The minimum absolute atomic E-state index is 0.0795. The van der Waals surface area contributed by atoms with Gasteiger partial charge in [0.2, 0.25) is 5.91 Å². The van der Waals surface area contributed by atoms with Gasteiger partial charge in [-0.1, -0.05) is 13.8 Å². The maximum absolute atomic E-state index is 11.9. The van der Waals surface area contributed by atoms with Crippen molar-refractivity contribution in [1.82, 2.24) is 9.97 Å². The van der Waals surface area contributed by atoms with Gasteiger partial charge >= 0.3 is 0 Å². The smallest absolute Gasteiger partial charge is 0.228 e. The number of rotatable bonds is 4. The zero-order valence-electron chi connectivity index (χ0n) is 12.6. The number of hydrogen-bond acceptors (Lipinski definition) is 4. The highest BCUT2D eigenvalue weighted by Gasteiger charge is 2.29. The molecule has 2 aromatic rings. The number of anilines is 2. The molecule has 0 saturated heterocycles. The number of nitrogens with zero attached hydrogens (tertiary/aromatic N) is 2. The number of carbonyl (C=O) groups excluding carboxylic acids is 1. The van der Waals surface area contributed by atoms with E-state index in [1.807, 2.05) is 19.3 Å². The highest BCUT2D eigenvalue weighted by Crippen LogP contribution is 2.32. The second-order valence-corrected chi connectivity index (χ2v) is 5.85. The number of nitrogens with one attached hydrogen (secondary N) is 2. The second-order valence-electron chi connectivity index (χ2n) is 5.85. The van der Waals surface area contributed by atoms with E-state index in [4.69, 9.17) is 0 Å². The molecule has 0 unspecified atom stereocenters. The van der Waals surface area contributed by atoms with Crippen LogP contribution in [0.4, 0.5) is 11.6 Å². The van der Waals surface area contributed by atoms with E-state index in [0.717, 1.165) is 35.0 Å². The summed E-state index contributed by atoms with van der Waals surface area (Å²) < 4.78 is 0. The second kappa shape index (κ2) is 5.31. The minimum atomic E-state index is 0.0795. The number of aromatic nitrogens is 2. The predicted molar refractivity (Wildman–Crippen MR) is 84.5 cm³/mol. The number of hydrogen-bond donors (Lipinski definition) is 2. The Morgan fingerprint density at radius 3 is 2.62 bits per heavy atom. The quantitative estimate of drug-likeness (QED) is 0.905. The van der Waals surface area contributed by atoms with Crippen molar-refractivity contribution < 1.29 is 4.79 Å². The van der Waals surface area contributed by atoms with Crippen LogP contribution in [0.5, 0.6) is 0 Å². The van der Waals surface area contributed by atoms with Gasteiger partial charge in [0.05, 0.1) is 0 Å². The summed E-state index contributed by atoms with van der Waals surface area (Å²) >= 11 is 0. The summed E-state index contributed by atoms with van der Waals surface area (Å²) in [6, 6.07) is 1.95. The van der Waals surface area contributed by atoms with Crippen molar-refractivity contribution in [2.75, 3.05) is 17.7 Å². The lowest BCUT2D eigenvalue weighted by Gasteiger charge is -2.13. The molecule has 1 amide bonds. The number of fused-ring (bicyclic) bond motifs is 1. The molecule has 0 spiro atoms. The van der Waals surface area contributed by atoms with Crippen LogP contribution in [0.15, 0.2) is 18.5 Å². The Bertz CT molecular complexity index is 692. The molecule has 0 bridgehead atoms. The maximum atomic E-state index is 11.9. The average Bonchev–Trinajstić information content (AvgIpc) is 3.30. The molecule has 3 rings (SSSR count). The fraction of sp³-hybridized carbons (Fsp3) is 0.438. The van der Waals surface area contributed by atoms with E-state index in [1.54, 1.807) is 6.20 Å². The van der Waals surface area contributed by atoms with Gasteiger partial charge in [0.25, 0.3) is 0 Å². The summed E-state index contributed by atoms with van der Waals surface area (Å²) in [5.74, 6) is 2.05. The zero-order chi connectivity index (χ0) is 15.0. The van der Waals surface area contributed by atoms with Crippen LogP contribution in [-0.2, 0) is 4.79 Å². The third-order valence-corrected chi connectivity index (χ3v) is 3.86. The van der Waals surface area contributed by atoms with Crippen LogP contribution < -0.4 is 10.6 Å². The van der Waals surface area contributed by atoms with E-state index in [9.17, 15) is 4.79 Å². The molecule has 5 heteroatoms. The van der Waals surface area contributed by atoms with Gasteiger partial charge in [0.15, 0.2) is 0 Å². The van der Waals surface area contributed by atoms with Gasteiger partial charge in [0, 0.05) is 30.7 Å². The monoisotopic (exact) mass is 284 g/mol. The Labute approximate surface area is 124 Å². The van der Waals surface area contributed by atoms with Crippen molar-refractivity contribution in [2.45, 2.75) is 32.6 Å². The lowest BCUT2D eigenvalue weighted by atomic mass is 9.99. The van der Waals surface area contributed by atoms with Crippen LogP contribution >= 0.6 is 0 Å². The Morgan fingerprint density at radius 2 is 2.00 bits per heavy atom. The standard InChI is InChI=1S/C16H20N4O/c1-9(2)12-7-19-15(17-3)13-8-18-14(6-11(12)13)20-16(21)10-4-5-10/h6-10H,4-5H2,1-3H3,(H,17,19)(H,18,20,21). The molecule has 1 saturated carbocycles. The summed E-state index contributed by atoms with van der Waals surface area (Å²) in [7, 11) is 1.85. The molecule has 0 aromatic carbocycles. The third-order valence-electron chi connectivity index (χ3n) is 3.86. The molecule has 0 aliphatic heterocycles. The van der Waals surface area contributed by atoms with Crippen molar-refractivity contribution in [1.29, 1.82) is 0 Å². The van der Waals surface area contributed by atoms with Gasteiger partial charge in [-0.15, -0.1) is 0 Å². The van der Waals surface area contributed by atoms with Gasteiger partial charge in [0.1, 0.15) is 11.6 Å². The van der Waals surface area contributed by atoms with E-state index in [0.29, 0.717) is 11.7 Å². The lowest BCUT2D eigenvalue weighted by molar-refractivity contribution is -0.117. The molecule has 1 aliphatic rings. The molecule has 110 valence electrons. The van der Waals surface area contributed by atoms with Crippen molar-refractivity contribution in [3.63, 3.8) is 0 Å². The highest BCUT2D eigenvalue weighted by atomic mass is 16.2. The zero-order valence-corrected chi connectivity index (χ0v) is 12.6. The number of amides is 1. The normalized spacial score (nSPS) is 14.5. The van der Waals surface area contributed by atoms with Crippen LogP contribution in [0.3, 0.4) is 0 Å². The van der Waals surface area contributed by atoms with Crippen LogP contribution in [0.1, 0.15) is 38.2 Å². The molecule has 1 fully saturated rings. The SMILES string of the molecule is CNc1ncc(C(C)C)c2cc(NC(=O)C3CC3)ncc12. The van der Waals surface area contributed by atoms with Crippen LogP contribution in [0, 0.1) is 5.92 Å². The van der Waals surface area contributed by atoms with Crippen molar-refractivity contribution in [2.24, 2.45) is 5.92 Å². The average molecular weight is 284 g/mol. The van der Waals surface area contributed by atoms with E-state index in [2.05, 4.69) is 34.4 Å². The molecule has 0 atom stereocenters. The largest absolute Gasteiger partial charge is 0.373 e. The van der Waals surface area contributed by atoms with Gasteiger partial charge in [-0.05, 0) is 35.8 Å². The van der Waals surface area contributed by atoms with Gasteiger partial charge in [-0.3, -0.25) is 4.79 Å². The molecule has 2 aromatic heterocycles. The summed E-state index contributed by atoms with van der Waals surface area (Å²) in [6.45, 7) is 4.27. The molecule has 1 aliphatic carbocycles. The predicted octanol–water partition coefficient (Wildman–Crippen LogP) is 3.14. The van der Waals surface area contributed by atoms with E-state index < -0.39 is 0 Å². The van der Waals surface area contributed by atoms with Crippen LogP contribution in [0.25, 0.3) is 10.8 Å². The van der Waals surface area contributed by atoms with Gasteiger partial charge in [-0.25, -0.2) is 9.97 Å². The van der Waals surface area contributed by atoms with E-state index in [1.165, 1.54) is 0 Å². The molecular weight excluding hydrogens is 264 g/mol. The fourth-order valence-corrected chi connectivity index (χ4v) is 2.46. The first kappa shape index (κ1) is 13.8. The molecule has 2 N–H and O–H groups in total. The van der Waals surface area contributed by atoms with Crippen molar-refractivity contribution in [3.05, 3.63) is 24.0 Å². The first-order valence-electron chi connectivity index (χ1n) is 7.37. The molecule has 0 radical (unpaired) electrons. The first-order chi connectivity index (χ1) is 10.1. The molecular formula is C16H20N4O.